The summed E-state index contributed by atoms with van der Waals surface area (Å²) in [7, 11) is 3.08. The van der Waals surface area contributed by atoms with Crippen LogP contribution in [0.1, 0.15) is 23.3 Å². The van der Waals surface area contributed by atoms with Gasteiger partial charge in [0.2, 0.25) is 6.54 Å². The van der Waals surface area contributed by atoms with E-state index >= 15 is 0 Å². The second kappa shape index (κ2) is 10.1. The number of benzene rings is 2. The summed E-state index contributed by atoms with van der Waals surface area (Å²) in [6, 6.07) is 13.2. The predicted molar refractivity (Wildman–Crippen MR) is 114 cm³/mol. The number of nitrogens with zero attached hydrogens (tertiary/aromatic N) is 1. The number of para-hydroxylation sites is 1. The highest BCUT2D eigenvalue weighted by atomic mass is 32.2. The van der Waals surface area contributed by atoms with E-state index < -0.39 is 5.25 Å². The Morgan fingerprint density at radius 3 is 2.56 bits per heavy atom. The summed E-state index contributed by atoms with van der Waals surface area (Å²) in [6.07, 6.45) is 0.866. The summed E-state index contributed by atoms with van der Waals surface area (Å²) in [5.74, 6) is 1.10. The lowest BCUT2D eigenvalue weighted by Crippen LogP contribution is -2.15. The Bertz CT molecular complexity index is 814. The van der Waals surface area contributed by atoms with Crippen LogP contribution in [-0.4, -0.2) is 30.0 Å². The first-order valence-electron chi connectivity index (χ1n) is 8.37. The topological polar surface area (TPSA) is 73.6 Å². The molecular formula is C19H22N2O4S2. The molecule has 0 radical (unpaired) electrons. The normalized spacial score (nSPS) is 11.5. The van der Waals surface area contributed by atoms with Crippen molar-refractivity contribution in [2.75, 3.05) is 26.1 Å². The standard InChI is InChI=1S/C19H22N2O4S2/c1-4-13-7-5-6-8-15(13)20-19(26)27-18(12-21(22)23)14-9-10-16(24-2)17(11-14)25-3/h5-11,18H,4,12H2,1-3H3,(H,20,26). The number of rotatable bonds is 8. The van der Waals surface area contributed by atoms with Gasteiger partial charge in [-0.3, -0.25) is 10.1 Å². The number of thiocarbonyl (C=S) groups is 1. The van der Waals surface area contributed by atoms with Crippen LogP contribution in [0.3, 0.4) is 0 Å². The lowest BCUT2D eigenvalue weighted by molar-refractivity contribution is -0.479. The van der Waals surface area contributed by atoms with Gasteiger partial charge in [0.05, 0.1) is 14.2 Å². The van der Waals surface area contributed by atoms with Gasteiger partial charge in [-0.15, -0.1) is 0 Å². The number of nitro groups is 1. The highest BCUT2D eigenvalue weighted by molar-refractivity contribution is 8.23. The van der Waals surface area contributed by atoms with E-state index in [1.807, 2.05) is 24.3 Å². The summed E-state index contributed by atoms with van der Waals surface area (Å²) in [5, 5.41) is 13.9. The average molecular weight is 407 g/mol. The van der Waals surface area contributed by atoms with Crippen molar-refractivity contribution < 1.29 is 14.4 Å². The van der Waals surface area contributed by atoms with Gasteiger partial charge in [0, 0.05) is 10.6 Å². The summed E-state index contributed by atoms with van der Waals surface area (Å²) < 4.78 is 11.0. The van der Waals surface area contributed by atoms with Crippen molar-refractivity contribution in [1.82, 2.24) is 0 Å². The number of nitrogens with one attached hydrogen (secondary N) is 1. The molecule has 0 aliphatic heterocycles. The fourth-order valence-corrected chi connectivity index (χ4v) is 3.98. The first-order valence-corrected chi connectivity index (χ1v) is 9.66. The van der Waals surface area contributed by atoms with Gasteiger partial charge < -0.3 is 14.8 Å². The predicted octanol–water partition coefficient (Wildman–Crippen LogP) is 4.71. The SMILES string of the molecule is CCc1ccccc1NC(=S)SC(C[N+](=O)[O-])c1ccc(OC)c(OC)c1. The Labute approximate surface area is 168 Å². The van der Waals surface area contributed by atoms with Crippen molar-refractivity contribution >= 4 is 34.0 Å². The van der Waals surface area contributed by atoms with Crippen LogP contribution in [0, 0.1) is 10.1 Å². The minimum atomic E-state index is -0.450. The monoisotopic (exact) mass is 406 g/mol. The molecule has 0 aliphatic rings. The largest absolute Gasteiger partial charge is 0.493 e. The van der Waals surface area contributed by atoms with Crippen LogP contribution in [0.4, 0.5) is 5.69 Å². The van der Waals surface area contributed by atoms with Gasteiger partial charge in [-0.1, -0.05) is 55.2 Å². The van der Waals surface area contributed by atoms with Crippen molar-refractivity contribution in [3.63, 3.8) is 0 Å². The van der Waals surface area contributed by atoms with Gasteiger partial charge >= 0.3 is 0 Å². The van der Waals surface area contributed by atoms with Gasteiger partial charge in [-0.2, -0.15) is 0 Å². The van der Waals surface area contributed by atoms with Gasteiger partial charge in [-0.25, -0.2) is 0 Å². The Morgan fingerprint density at radius 1 is 1.22 bits per heavy atom. The molecular weight excluding hydrogens is 384 g/mol. The van der Waals surface area contributed by atoms with Gasteiger partial charge in [-0.05, 0) is 35.7 Å². The van der Waals surface area contributed by atoms with E-state index in [-0.39, 0.29) is 11.5 Å². The molecule has 1 N–H and O–H groups in total. The Hall–Kier alpha value is -2.32. The molecule has 0 amide bonds. The Morgan fingerprint density at radius 2 is 1.93 bits per heavy atom. The molecule has 1 unspecified atom stereocenters. The summed E-state index contributed by atoms with van der Waals surface area (Å²) in [4.78, 5) is 10.8. The molecule has 6 nitrogen and oxygen atoms in total. The average Bonchev–Trinajstić information content (AvgIpc) is 2.66. The number of ether oxygens (including phenoxy) is 2. The minimum absolute atomic E-state index is 0.253. The van der Waals surface area contributed by atoms with Gasteiger partial charge in [0.1, 0.15) is 9.57 Å². The zero-order chi connectivity index (χ0) is 19.8. The van der Waals surface area contributed by atoms with Crippen molar-refractivity contribution in [1.29, 1.82) is 0 Å². The van der Waals surface area contributed by atoms with E-state index in [1.165, 1.54) is 18.9 Å². The number of thioether (sulfide) groups is 1. The maximum Gasteiger partial charge on any atom is 0.220 e. The van der Waals surface area contributed by atoms with Crippen molar-refractivity contribution in [3.05, 3.63) is 63.7 Å². The van der Waals surface area contributed by atoms with Crippen LogP contribution in [0.25, 0.3) is 0 Å². The van der Waals surface area contributed by atoms with Crippen LogP contribution in [0.2, 0.25) is 0 Å². The third-order valence-electron chi connectivity index (χ3n) is 3.98. The molecule has 0 aromatic heterocycles. The molecule has 0 aliphatic carbocycles. The molecule has 0 spiro atoms. The zero-order valence-electron chi connectivity index (χ0n) is 15.4. The number of aryl methyl sites for hydroxylation is 1. The van der Waals surface area contributed by atoms with Crippen LogP contribution >= 0.6 is 24.0 Å². The van der Waals surface area contributed by atoms with Crippen molar-refractivity contribution in [2.24, 2.45) is 0 Å². The lowest BCUT2D eigenvalue weighted by Gasteiger charge is -2.17. The van der Waals surface area contributed by atoms with E-state index in [4.69, 9.17) is 21.7 Å². The third kappa shape index (κ3) is 5.83. The lowest BCUT2D eigenvalue weighted by atomic mass is 10.1. The second-order valence-electron chi connectivity index (χ2n) is 5.66. The molecule has 144 valence electrons. The molecule has 2 rings (SSSR count). The van der Waals surface area contributed by atoms with E-state index in [2.05, 4.69) is 12.2 Å². The molecule has 0 saturated carbocycles. The third-order valence-corrected chi connectivity index (χ3v) is 5.39. The molecule has 1 atom stereocenters. The summed E-state index contributed by atoms with van der Waals surface area (Å²) in [6.45, 7) is 1.81. The zero-order valence-corrected chi connectivity index (χ0v) is 17.1. The summed E-state index contributed by atoms with van der Waals surface area (Å²) in [5.41, 5.74) is 2.81. The fourth-order valence-electron chi connectivity index (χ4n) is 2.62. The first kappa shape index (κ1) is 21.0. The fraction of sp³-hybridized carbons (Fsp3) is 0.316. The quantitative estimate of drug-likeness (QED) is 0.386. The van der Waals surface area contributed by atoms with Crippen LogP contribution in [-0.2, 0) is 6.42 Å². The first-order chi connectivity index (χ1) is 13.0. The molecule has 27 heavy (non-hydrogen) atoms. The van der Waals surface area contributed by atoms with Crippen LogP contribution in [0.5, 0.6) is 11.5 Å². The summed E-state index contributed by atoms with van der Waals surface area (Å²) >= 11 is 6.71. The Kier molecular flexibility index (Phi) is 7.87. The van der Waals surface area contributed by atoms with E-state index in [9.17, 15) is 10.1 Å². The highest BCUT2D eigenvalue weighted by Gasteiger charge is 2.22. The van der Waals surface area contributed by atoms with E-state index in [1.54, 1.807) is 25.3 Å². The Balaban J connectivity index is 2.21. The molecule has 2 aromatic carbocycles. The number of hydrogen-bond donors (Lipinski definition) is 1. The maximum absolute atomic E-state index is 11.2. The molecule has 0 heterocycles. The maximum atomic E-state index is 11.2. The smallest absolute Gasteiger partial charge is 0.220 e. The van der Waals surface area contributed by atoms with Crippen LogP contribution < -0.4 is 14.8 Å². The molecule has 0 bridgehead atoms. The number of hydrogen-bond acceptors (Lipinski definition) is 6. The molecule has 2 aromatic rings. The van der Waals surface area contributed by atoms with Crippen LogP contribution in [0.15, 0.2) is 42.5 Å². The van der Waals surface area contributed by atoms with Crippen molar-refractivity contribution in [2.45, 2.75) is 18.6 Å². The van der Waals surface area contributed by atoms with E-state index in [0.717, 1.165) is 23.2 Å². The highest BCUT2D eigenvalue weighted by Crippen LogP contribution is 2.36. The molecule has 8 heteroatoms. The molecule has 0 fully saturated rings. The van der Waals surface area contributed by atoms with E-state index in [0.29, 0.717) is 15.8 Å². The van der Waals surface area contributed by atoms with Gasteiger partial charge in [0.25, 0.3) is 0 Å². The number of methoxy groups -OCH3 is 2. The molecule has 0 saturated heterocycles. The minimum Gasteiger partial charge on any atom is -0.493 e. The van der Waals surface area contributed by atoms with Gasteiger partial charge in [0.15, 0.2) is 11.5 Å². The number of anilines is 1. The van der Waals surface area contributed by atoms with Crippen molar-refractivity contribution in [3.8, 4) is 11.5 Å². The second-order valence-corrected chi connectivity index (χ2v) is 7.54.